The third-order valence-electron chi connectivity index (χ3n) is 2.67. The van der Waals surface area contributed by atoms with Crippen LogP contribution in [0.5, 0.6) is 5.75 Å². The first kappa shape index (κ1) is 18.2. The van der Waals surface area contributed by atoms with Crippen molar-refractivity contribution in [1.82, 2.24) is 0 Å². The van der Waals surface area contributed by atoms with Gasteiger partial charge in [0.25, 0.3) is 0 Å². The van der Waals surface area contributed by atoms with Crippen LogP contribution < -0.4 is 17.1 Å². The summed E-state index contributed by atoms with van der Waals surface area (Å²) in [6.07, 6.45) is 2.27. The van der Waals surface area contributed by atoms with Gasteiger partial charge in [0, 0.05) is 0 Å². The summed E-state index contributed by atoms with van der Waals surface area (Å²) in [6.45, 7) is 2.97. The Kier molecular flexibility index (Phi) is 9.56. The van der Waals surface area contributed by atoms with Crippen LogP contribution in [0.15, 0.2) is 48.5 Å². The molecule has 0 aliphatic heterocycles. The number of hydrogen-bond donors (Lipinski definition) is 0. The molecule has 0 N–H and O–H groups in total. The molecule has 0 aliphatic carbocycles. The summed E-state index contributed by atoms with van der Waals surface area (Å²) in [7, 11) is 0. The van der Waals surface area contributed by atoms with Crippen molar-refractivity contribution in [2.75, 3.05) is 6.61 Å². The normalized spacial score (nSPS) is 9.11. The largest absolute Gasteiger partial charge is 2.00 e. The molecule has 0 atom stereocenters. The van der Waals surface area contributed by atoms with Crippen molar-refractivity contribution in [1.29, 1.82) is 0 Å². The molecule has 0 fully saturated rings. The molecule has 0 unspecified atom stereocenters. The quantitative estimate of drug-likeness (QED) is 0.458. The molecule has 0 radical (unpaired) electrons. The van der Waals surface area contributed by atoms with E-state index >= 15 is 0 Å². The van der Waals surface area contributed by atoms with Gasteiger partial charge < -0.3 is 17.1 Å². The molecule has 2 rings (SSSR count). The SMILES string of the molecule is CCCCOc1ccc(-c2cc[c-]cc2)cc1.[Cl-].[Zn+2]. The van der Waals surface area contributed by atoms with E-state index in [2.05, 4.69) is 37.3 Å². The Bertz CT molecular complexity index is 442. The fourth-order valence-electron chi connectivity index (χ4n) is 1.66. The van der Waals surface area contributed by atoms with E-state index in [1.165, 1.54) is 17.5 Å². The van der Waals surface area contributed by atoms with E-state index in [9.17, 15) is 0 Å². The van der Waals surface area contributed by atoms with Gasteiger partial charge in [-0.15, -0.1) is 5.56 Å². The molecule has 2 aromatic carbocycles. The fourth-order valence-corrected chi connectivity index (χ4v) is 1.66. The van der Waals surface area contributed by atoms with Crippen LogP contribution in [0, 0.1) is 6.07 Å². The van der Waals surface area contributed by atoms with Gasteiger partial charge in [-0.05, 0) is 24.1 Å². The zero-order chi connectivity index (χ0) is 11.9. The monoisotopic (exact) mass is 324 g/mol. The Labute approximate surface area is 134 Å². The minimum Gasteiger partial charge on any atom is -1.00 e. The maximum Gasteiger partial charge on any atom is 2.00 e. The summed E-state index contributed by atoms with van der Waals surface area (Å²) >= 11 is 0. The van der Waals surface area contributed by atoms with Gasteiger partial charge in [0.15, 0.2) is 0 Å². The van der Waals surface area contributed by atoms with Gasteiger partial charge in [-0.3, -0.25) is 0 Å². The number of hydrogen-bond acceptors (Lipinski definition) is 1. The molecule has 0 aromatic heterocycles. The summed E-state index contributed by atoms with van der Waals surface area (Å²) in [4.78, 5) is 0. The summed E-state index contributed by atoms with van der Waals surface area (Å²) in [6, 6.07) is 19.3. The van der Waals surface area contributed by atoms with E-state index < -0.39 is 0 Å². The van der Waals surface area contributed by atoms with Crippen LogP contribution in [-0.4, -0.2) is 6.61 Å². The van der Waals surface area contributed by atoms with E-state index in [4.69, 9.17) is 4.74 Å². The van der Waals surface area contributed by atoms with Gasteiger partial charge in [-0.1, -0.05) is 25.5 Å². The van der Waals surface area contributed by atoms with E-state index in [1.54, 1.807) is 0 Å². The van der Waals surface area contributed by atoms with Crippen molar-refractivity contribution >= 4 is 0 Å². The van der Waals surface area contributed by atoms with E-state index in [0.29, 0.717) is 0 Å². The first-order valence-corrected chi connectivity index (χ1v) is 6.09. The van der Waals surface area contributed by atoms with Gasteiger partial charge in [0.2, 0.25) is 0 Å². The van der Waals surface area contributed by atoms with Crippen LogP contribution in [0.2, 0.25) is 0 Å². The van der Waals surface area contributed by atoms with Gasteiger partial charge in [0.1, 0.15) is 5.75 Å². The third kappa shape index (κ3) is 5.76. The molecule has 3 heteroatoms. The smallest absolute Gasteiger partial charge is 1.00 e. The molecule has 0 spiro atoms. The Hall–Kier alpha value is -0.847. The van der Waals surface area contributed by atoms with Crippen LogP contribution in [0.3, 0.4) is 0 Å². The van der Waals surface area contributed by atoms with Crippen molar-refractivity contribution < 1.29 is 36.6 Å². The minimum atomic E-state index is 0. The van der Waals surface area contributed by atoms with Crippen molar-refractivity contribution in [3.05, 3.63) is 54.6 Å². The van der Waals surface area contributed by atoms with E-state index in [0.717, 1.165) is 18.8 Å². The minimum absolute atomic E-state index is 0. The average molecular weight is 326 g/mol. The molecule has 0 bridgehead atoms. The summed E-state index contributed by atoms with van der Waals surface area (Å²) in [5, 5.41) is 0. The van der Waals surface area contributed by atoms with Crippen LogP contribution in [-0.2, 0) is 19.5 Å². The van der Waals surface area contributed by atoms with E-state index in [-0.39, 0.29) is 31.9 Å². The topological polar surface area (TPSA) is 9.23 Å². The maximum atomic E-state index is 5.63. The van der Waals surface area contributed by atoms with Crippen molar-refractivity contribution in [2.24, 2.45) is 0 Å². The number of benzene rings is 2. The average Bonchev–Trinajstić information content (AvgIpc) is 2.41. The van der Waals surface area contributed by atoms with Crippen molar-refractivity contribution in [3.63, 3.8) is 0 Å². The zero-order valence-electron chi connectivity index (χ0n) is 11.2. The van der Waals surface area contributed by atoms with Gasteiger partial charge in [-0.25, -0.2) is 0 Å². The first-order chi connectivity index (χ1) is 8.40. The summed E-state index contributed by atoms with van der Waals surface area (Å²) < 4.78 is 5.63. The molecule has 0 heterocycles. The molecule has 19 heavy (non-hydrogen) atoms. The molecule has 1 nitrogen and oxygen atoms in total. The van der Waals surface area contributed by atoms with Gasteiger partial charge in [0.05, 0.1) is 6.61 Å². The van der Waals surface area contributed by atoms with Crippen molar-refractivity contribution in [2.45, 2.75) is 19.8 Å². The molecule has 0 saturated carbocycles. The third-order valence-corrected chi connectivity index (χ3v) is 2.67. The summed E-state index contributed by atoms with van der Waals surface area (Å²) in [5.41, 5.74) is 2.42. The Morgan fingerprint density at radius 1 is 0.947 bits per heavy atom. The molecular formula is C16H17ClOZn. The Balaban J connectivity index is 0.00000162. The second-order valence-corrected chi connectivity index (χ2v) is 4.02. The maximum absolute atomic E-state index is 5.63. The number of ether oxygens (including phenoxy) is 1. The Morgan fingerprint density at radius 2 is 1.53 bits per heavy atom. The predicted octanol–water partition coefficient (Wildman–Crippen LogP) is 1.33. The second kappa shape index (κ2) is 10.0. The molecule has 2 aromatic rings. The standard InChI is InChI=1S/C16H17O.ClH.Zn/c1-2-3-13-17-16-11-9-15(10-12-16)14-7-5-4-6-8-14;;/h5-12H,2-3,13H2,1H3;1H;/q-1;;+2/p-1. The van der Waals surface area contributed by atoms with Gasteiger partial charge in [-0.2, -0.15) is 30.3 Å². The molecule has 0 saturated heterocycles. The van der Waals surface area contributed by atoms with Crippen LogP contribution >= 0.6 is 0 Å². The second-order valence-electron chi connectivity index (χ2n) is 4.02. The first-order valence-electron chi connectivity index (χ1n) is 6.09. The van der Waals surface area contributed by atoms with Crippen LogP contribution in [0.25, 0.3) is 11.1 Å². The Morgan fingerprint density at radius 3 is 2.11 bits per heavy atom. The van der Waals surface area contributed by atoms with Crippen LogP contribution in [0.4, 0.5) is 0 Å². The molecule has 0 amide bonds. The number of unbranched alkanes of at least 4 members (excludes halogenated alkanes) is 1. The number of rotatable bonds is 5. The molecule has 0 aliphatic rings. The molecule has 96 valence electrons. The fraction of sp³-hybridized carbons (Fsp3) is 0.250. The number of halogens is 1. The van der Waals surface area contributed by atoms with E-state index in [1.807, 2.05) is 24.3 Å². The van der Waals surface area contributed by atoms with Crippen molar-refractivity contribution in [3.8, 4) is 16.9 Å². The molecular weight excluding hydrogens is 309 g/mol. The van der Waals surface area contributed by atoms with Crippen LogP contribution in [0.1, 0.15) is 19.8 Å². The predicted molar refractivity (Wildman–Crippen MR) is 71.1 cm³/mol. The summed E-state index contributed by atoms with van der Waals surface area (Å²) in [5.74, 6) is 0.949. The van der Waals surface area contributed by atoms with Gasteiger partial charge >= 0.3 is 19.5 Å². The zero-order valence-corrected chi connectivity index (χ0v) is 15.0.